The van der Waals surface area contributed by atoms with Gasteiger partial charge in [0.25, 0.3) is 0 Å². The Morgan fingerprint density at radius 2 is 1.73 bits per heavy atom. The molecule has 0 saturated heterocycles. The van der Waals surface area contributed by atoms with Gasteiger partial charge in [0, 0.05) is 44.4 Å². The predicted molar refractivity (Wildman–Crippen MR) is 140 cm³/mol. The molecule has 2 heterocycles. The molecule has 2 aromatic heterocycles. The highest BCUT2D eigenvalue weighted by Crippen LogP contribution is 2.23. The van der Waals surface area contributed by atoms with Crippen molar-refractivity contribution in [3.8, 4) is 17.4 Å². The maximum Gasteiger partial charge on any atom is 0.219 e. The zero-order valence-corrected chi connectivity index (χ0v) is 21.9. The van der Waals surface area contributed by atoms with Crippen molar-refractivity contribution in [3.63, 3.8) is 0 Å². The van der Waals surface area contributed by atoms with Crippen LogP contribution >= 0.6 is 24.0 Å². The number of benzene rings is 1. The van der Waals surface area contributed by atoms with E-state index in [1.165, 1.54) is 0 Å². The number of rotatable bonds is 10. The summed E-state index contributed by atoms with van der Waals surface area (Å²) < 4.78 is 16.8. The van der Waals surface area contributed by atoms with Gasteiger partial charge in [-0.25, -0.2) is 4.98 Å². The Balaban J connectivity index is 0.00000385. The smallest absolute Gasteiger partial charge is 0.219 e. The minimum Gasteiger partial charge on any atom is -0.494 e. The highest BCUT2D eigenvalue weighted by Gasteiger charge is 2.13. The number of hydrogen-bond donors (Lipinski definition) is 2. The minimum absolute atomic E-state index is 0. The quantitative estimate of drug-likeness (QED) is 0.206. The molecule has 0 aliphatic carbocycles. The van der Waals surface area contributed by atoms with Crippen molar-refractivity contribution in [2.75, 3.05) is 13.7 Å². The van der Waals surface area contributed by atoms with E-state index in [2.05, 4.69) is 39.6 Å². The van der Waals surface area contributed by atoms with Crippen LogP contribution in [0.4, 0.5) is 0 Å². The van der Waals surface area contributed by atoms with Crippen LogP contribution in [-0.2, 0) is 25.9 Å². The van der Waals surface area contributed by atoms with Crippen LogP contribution in [0.1, 0.15) is 43.4 Å². The van der Waals surface area contributed by atoms with E-state index in [0.717, 1.165) is 41.2 Å². The molecule has 0 radical (unpaired) electrons. The second-order valence-corrected chi connectivity index (χ2v) is 7.03. The summed E-state index contributed by atoms with van der Waals surface area (Å²) in [7, 11) is 1.75. The average Bonchev–Trinajstić information content (AvgIpc) is 3.23. The number of aryl methyl sites for hydroxylation is 2. The largest absolute Gasteiger partial charge is 0.494 e. The van der Waals surface area contributed by atoms with Crippen molar-refractivity contribution in [2.45, 2.75) is 46.7 Å². The van der Waals surface area contributed by atoms with Crippen LogP contribution in [0.5, 0.6) is 17.4 Å². The van der Waals surface area contributed by atoms with E-state index in [-0.39, 0.29) is 24.0 Å². The number of nitrogens with zero attached hydrogens (tertiary/aromatic N) is 3. The van der Waals surface area contributed by atoms with E-state index in [4.69, 9.17) is 14.0 Å². The van der Waals surface area contributed by atoms with Gasteiger partial charge in [0.15, 0.2) is 5.96 Å². The molecule has 0 unspecified atom stereocenters. The standard InChI is InChI=1S/C24H31N5O3.HI/c1-5-21-20(22(6-2)32-29-21)16-28-24(25-4)27-15-17-12-13-26-23(14-17)31-19-10-8-18(9-11-19)30-7-3;/h8-14H,5-7,15-16H2,1-4H3,(H2,25,27,28);1H. The second kappa shape index (κ2) is 13.7. The lowest BCUT2D eigenvalue weighted by Crippen LogP contribution is -2.36. The van der Waals surface area contributed by atoms with E-state index < -0.39 is 0 Å². The van der Waals surface area contributed by atoms with Gasteiger partial charge < -0.3 is 24.6 Å². The van der Waals surface area contributed by atoms with Gasteiger partial charge in [-0.15, -0.1) is 24.0 Å². The third-order valence-electron chi connectivity index (χ3n) is 4.88. The summed E-state index contributed by atoms with van der Waals surface area (Å²) in [5.74, 6) is 3.65. The van der Waals surface area contributed by atoms with Crippen molar-refractivity contribution in [3.05, 3.63) is 65.2 Å². The summed E-state index contributed by atoms with van der Waals surface area (Å²) in [6.45, 7) is 7.91. The summed E-state index contributed by atoms with van der Waals surface area (Å²) in [6, 6.07) is 11.3. The van der Waals surface area contributed by atoms with Gasteiger partial charge in [-0.05, 0) is 49.2 Å². The fourth-order valence-corrected chi connectivity index (χ4v) is 3.22. The van der Waals surface area contributed by atoms with Crippen molar-refractivity contribution in [1.29, 1.82) is 0 Å². The summed E-state index contributed by atoms with van der Waals surface area (Å²) >= 11 is 0. The van der Waals surface area contributed by atoms with Gasteiger partial charge in [0.1, 0.15) is 17.3 Å². The molecule has 0 spiro atoms. The number of aliphatic imine (C=N–C) groups is 1. The number of guanidine groups is 1. The zero-order chi connectivity index (χ0) is 22.8. The number of nitrogens with one attached hydrogen (secondary N) is 2. The fourth-order valence-electron chi connectivity index (χ4n) is 3.22. The molecule has 0 bridgehead atoms. The third kappa shape index (κ3) is 7.62. The molecule has 2 N–H and O–H groups in total. The first kappa shape index (κ1) is 26.4. The fraction of sp³-hybridized carbons (Fsp3) is 0.375. The van der Waals surface area contributed by atoms with Crippen LogP contribution in [-0.4, -0.2) is 29.8 Å². The Labute approximate surface area is 212 Å². The first-order valence-electron chi connectivity index (χ1n) is 10.9. The van der Waals surface area contributed by atoms with E-state index in [0.29, 0.717) is 37.3 Å². The minimum atomic E-state index is 0. The maximum absolute atomic E-state index is 5.88. The molecule has 3 rings (SSSR count). The Hall–Kier alpha value is -2.82. The summed E-state index contributed by atoms with van der Waals surface area (Å²) in [5.41, 5.74) is 3.11. The van der Waals surface area contributed by atoms with Gasteiger partial charge in [-0.3, -0.25) is 4.99 Å². The predicted octanol–water partition coefficient (Wildman–Crippen LogP) is 4.87. The average molecular weight is 565 g/mol. The van der Waals surface area contributed by atoms with Crippen LogP contribution in [0.15, 0.2) is 52.1 Å². The van der Waals surface area contributed by atoms with Crippen LogP contribution in [0, 0.1) is 0 Å². The van der Waals surface area contributed by atoms with E-state index in [1.807, 2.05) is 43.3 Å². The van der Waals surface area contributed by atoms with Gasteiger partial charge >= 0.3 is 0 Å². The third-order valence-corrected chi connectivity index (χ3v) is 4.88. The Bertz CT molecular complexity index is 1000. The molecule has 0 amide bonds. The monoisotopic (exact) mass is 565 g/mol. The Kier molecular flexibility index (Phi) is 10.9. The number of pyridine rings is 1. The molecule has 0 atom stereocenters. The molecule has 33 heavy (non-hydrogen) atoms. The van der Waals surface area contributed by atoms with Gasteiger partial charge in [0.2, 0.25) is 5.88 Å². The second-order valence-electron chi connectivity index (χ2n) is 7.03. The van der Waals surface area contributed by atoms with Crippen molar-refractivity contribution in [2.24, 2.45) is 4.99 Å². The molecule has 8 nitrogen and oxygen atoms in total. The SMILES string of the molecule is CCOc1ccc(Oc2cc(CNC(=NC)NCc3c(CC)noc3CC)ccn2)cc1.I. The van der Waals surface area contributed by atoms with Crippen molar-refractivity contribution < 1.29 is 14.0 Å². The molecule has 0 aliphatic heterocycles. The topological polar surface area (TPSA) is 93.8 Å². The highest BCUT2D eigenvalue weighted by molar-refractivity contribution is 14.0. The van der Waals surface area contributed by atoms with E-state index in [9.17, 15) is 0 Å². The number of ether oxygens (including phenoxy) is 2. The summed E-state index contributed by atoms with van der Waals surface area (Å²) in [5, 5.41) is 10.8. The first-order chi connectivity index (χ1) is 15.7. The Morgan fingerprint density at radius 3 is 2.39 bits per heavy atom. The van der Waals surface area contributed by atoms with Crippen molar-refractivity contribution >= 4 is 29.9 Å². The number of hydrogen-bond acceptors (Lipinski definition) is 6. The lowest BCUT2D eigenvalue weighted by atomic mass is 10.1. The molecular weight excluding hydrogens is 533 g/mol. The summed E-state index contributed by atoms with van der Waals surface area (Å²) in [4.78, 5) is 8.62. The normalized spacial score (nSPS) is 11.0. The van der Waals surface area contributed by atoms with Gasteiger partial charge in [0.05, 0.1) is 12.3 Å². The Morgan fingerprint density at radius 1 is 1.00 bits per heavy atom. The first-order valence-corrected chi connectivity index (χ1v) is 10.9. The van der Waals surface area contributed by atoms with Crippen LogP contribution < -0.4 is 20.1 Å². The van der Waals surface area contributed by atoms with Crippen molar-refractivity contribution in [1.82, 2.24) is 20.8 Å². The van der Waals surface area contributed by atoms with Crippen LogP contribution in [0.3, 0.4) is 0 Å². The molecule has 3 aromatic rings. The van der Waals surface area contributed by atoms with Crippen LogP contribution in [0.2, 0.25) is 0 Å². The van der Waals surface area contributed by atoms with Crippen LogP contribution in [0.25, 0.3) is 0 Å². The molecule has 0 aliphatic rings. The molecule has 1 aromatic carbocycles. The molecule has 9 heteroatoms. The van der Waals surface area contributed by atoms with E-state index in [1.54, 1.807) is 13.2 Å². The van der Waals surface area contributed by atoms with Gasteiger partial charge in [-0.2, -0.15) is 0 Å². The summed E-state index contributed by atoms with van der Waals surface area (Å²) in [6.07, 6.45) is 3.38. The number of halogens is 1. The zero-order valence-electron chi connectivity index (χ0n) is 19.6. The maximum atomic E-state index is 5.88. The molecule has 0 fully saturated rings. The highest BCUT2D eigenvalue weighted by atomic mass is 127. The van der Waals surface area contributed by atoms with Gasteiger partial charge in [-0.1, -0.05) is 19.0 Å². The molecule has 0 saturated carbocycles. The number of aromatic nitrogens is 2. The lowest BCUT2D eigenvalue weighted by molar-refractivity contribution is 0.339. The van der Waals surface area contributed by atoms with E-state index >= 15 is 0 Å². The molecule has 178 valence electrons. The lowest BCUT2D eigenvalue weighted by Gasteiger charge is -2.13. The molecular formula is C24H32IN5O3.